The molecule has 0 atom stereocenters. The summed E-state index contributed by atoms with van der Waals surface area (Å²) in [6, 6.07) is 3.68. The lowest BCUT2D eigenvalue weighted by Crippen LogP contribution is -2.22. The van der Waals surface area contributed by atoms with Gasteiger partial charge in [-0.1, -0.05) is 6.07 Å². The molecule has 0 fully saturated rings. The Hall–Kier alpha value is -1.03. The van der Waals surface area contributed by atoms with Crippen LogP contribution in [0.25, 0.3) is 0 Å². The molecule has 1 amide bonds. The van der Waals surface area contributed by atoms with E-state index in [2.05, 4.69) is 21.2 Å². The zero-order valence-electron chi connectivity index (χ0n) is 8.35. The Balaban J connectivity index is 3.00. The van der Waals surface area contributed by atoms with Gasteiger partial charge in [0.05, 0.1) is 4.47 Å². The summed E-state index contributed by atoms with van der Waals surface area (Å²) in [6.07, 6.45) is -0.464. The largest absolute Gasteiger partial charge is 0.412 e. The number of halogens is 1. The number of hydrogen-bond acceptors (Lipinski definition) is 2. The summed E-state index contributed by atoms with van der Waals surface area (Å²) in [5.41, 5.74) is 2.23. The summed E-state index contributed by atoms with van der Waals surface area (Å²) < 4.78 is 5.85. The molecular formula is C10H12BrNO2. The number of aryl methyl sites for hydroxylation is 1. The highest BCUT2D eigenvalue weighted by Gasteiger charge is 2.09. The Kier molecular flexibility index (Phi) is 3.52. The van der Waals surface area contributed by atoms with Crippen LogP contribution in [0.2, 0.25) is 0 Å². The summed E-state index contributed by atoms with van der Waals surface area (Å²) in [5, 5.41) is 2.39. The van der Waals surface area contributed by atoms with Gasteiger partial charge < -0.3 is 10.1 Å². The van der Waals surface area contributed by atoms with Gasteiger partial charge in [0.25, 0.3) is 0 Å². The molecule has 14 heavy (non-hydrogen) atoms. The van der Waals surface area contributed by atoms with E-state index in [1.54, 1.807) is 6.07 Å². The van der Waals surface area contributed by atoms with Crippen LogP contribution in [0.1, 0.15) is 11.1 Å². The molecule has 0 saturated carbocycles. The van der Waals surface area contributed by atoms with Crippen molar-refractivity contribution in [2.45, 2.75) is 13.8 Å². The van der Waals surface area contributed by atoms with Crippen LogP contribution in [0.5, 0.6) is 5.75 Å². The smallest absolute Gasteiger partial charge is 0.409 e. The molecule has 0 aromatic heterocycles. The molecule has 0 aliphatic rings. The molecule has 0 unspecified atom stereocenters. The average molecular weight is 258 g/mol. The second-order valence-corrected chi connectivity index (χ2v) is 3.75. The van der Waals surface area contributed by atoms with Gasteiger partial charge in [-0.25, -0.2) is 4.79 Å². The maximum atomic E-state index is 11.0. The number of nitrogens with one attached hydrogen (secondary N) is 1. The van der Waals surface area contributed by atoms with E-state index in [0.29, 0.717) is 5.75 Å². The standard InChI is InChI=1S/C10H12BrNO2/c1-6-4-5-8(9(11)7(6)2)14-10(13)12-3/h4-5H,1-3H3,(H,12,13). The SMILES string of the molecule is CNC(=O)Oc1ccc(C)c(C)c1Br. The molecule has 1 rings (SSSR count). The molecule has 0 spiro atoms. The van der Waals surface area contributed by atoms with Crippen molar-refractivity contribution in [2.24, 2.45) is 0 Å². The summed E-state index contributed by atoms with van der Waals surface area (Å²) in [5.74, 6) is 0.535. The zero-order valence-corrected chi connectivity index (χ0v) is 9.94. The van der Waals surface area contributed by atoms with Gasteiger partial charge in [0.1, 0.15) is 5.75 Å². The summed E-state index contributed by atoms with van der Waals surface area (Å²) >= 11 is 3.38. The molecule has 4 heteroatoms. The van der Waals surface area contributed by atoms with Gasteiger partial charge >= 0.3 is 6.09 Å². The Morgan fingerprint density at radius 2 is 2.07 bits per heavy atom. The normalized spacial score (nSPS) is 9.71. The van der Waals surface area contributed by atoms with E-state index >= 15 is 0 Å². The first-order chi connectivity index (χ1) is 6.56. The Morgan fingerprint density at radius 3 is 2.64 bits per heavy atom. The highest BCUT2D eigenvalue weighted by atomic mass is 79.9. The van der Waals surface area contributed by atoms with Gasteiger partial charge in [-0.15, -0.1) is 0 Å². The van der Waals surface area contributed by atoms with Crippen LogP contribution >= 0.6 is 15.9 Å². The van der Waals surface area contributed by atoms with Crippen molar-refractivity contribution in [2.75, 3.05) is 7.05 Å². The van der Waals surface area contributed by atoms with Crippen molar-refractivity contribution in [3.05, 3.63) is 27.7 Å². The number of benzene rings is 1. The van der Waals surface area contributed by atoms with Crippen molar-refractivity contribution >= 4 is 22.0 Å². The number of hydrogen-bond donors (Lipinski definition) is 1. The average Bonchev–Trinajstić information content (AvgIpc) is 2.19. The molecule has 0 bridgehead atoms. The Morgan fingerprint density at radius 1 is 1.43 bits per heavy atom. The third-order valence-electron chi connectivity index (χ3n) is 2.03. The van der Waals surface area contributed by atoms with Crippen molar-refractivity contribution in [3.63, 3.8) is 0 Å². The first-order valence-corrected chi connectivity index (χ1v) is 5.01. The molecule has 0 heterocycles. The van der Waals surface area contributed by atoms with E-state index < -0.39 is 6.09 Å². The molecule has 0 aliphatic heterocycles. The second kappa shape index (κ2) is 4.46. The molecule has 76 valence electrons. The van der Waals surface area contributed by atoms with E-state index in [0.717, 1.165) is 15.6 Å². The van der Waals surface area contributed by atoms with Crippen LogP contribution in [-0.2, 0) is 0 Å². The van der Waals surface area contributed by atoms with E-state index in [9.17, 15) is 4.79 Å². The minimum absolute atomic E-state index is 0.464. The van der Waals surface area contributed by atoms with Crippen molar-refractivity contribution in [3.8, 4) is 5.75 Å². The van der Waals surface area contributed by atoms with Crippen LogP contribution < -0.4 is 10.1 Å². The van der Waals surface area contributed by atoms with Gasteiger partial charge in [0.15, 0.2) is 0 Å². The lowest BCUT2D eigenvalue weighted by atomic mass is 10.1. The molecule has 0 saturated heterocycles. The van der Waals surface area contributed by atoms with Crippen LogP contribution in [0.3, 0.4) is 0 Å². The molecule has 0 aliphatic carbocycles. The second-order valence-electron chi connectivity index (χ2n) is 2.96. The Bertz CT molecular complexity index is 363. The zero-order chi connectivity index (χ0) is 10.7. The number of amides is 1. The molecule has 1 aromatic carbocycles. The van der Waals surface area contributed by atoms with Crippen molar-refractivity contribution in [1.82, 2.24) is 5.32 Å². The lowest BCUT2D eigenvalue weighted by Gasteiger charge is -2.09. The van der Waals surface area contributed by atoms with Gasteiger partial charge in [-0.3, -0.25) is 0 Å². The molecule has 0 radical (unpaired) electrons. The number of rotatable bonds is 1. The van der Waals surface area contributed by atoms with E-state index in [-0.39, 0.29) is 0 Å². The highest BCUT2D eigenvalue weighted by molar-refractivity contribution is 9.10. The predicted molar refractivity (Wildman–Crippen MR) is 58.7 cm³/mol. The van der Waals surface area contributed by atoms with E-state index in [4.69, 9.17) is 4.74 Å². The summed E-state index contributed by atoms with van der Waals surface area (Å²) in [6.45, 7) is 3.97. The molecule has 1 aromatic rings. The maximum Gasteiger partial charge on any atom is 0.412 e. The maximum absolute atomic E-state index is 11.0. The van der Waals surface area contributed by atoms with Crippen LogP contribution in [0.4, 0.5) is 4.79 Å². The van der Waals surface area contributed by atoms with Crippen LogP contribution in [0.15, 0.2) is 16.6 Å². The number of carbonyl (C=O) groups is 1. The van der Waals surface area contributed by atoms with Gasteiger partial charge in [-0.2, -0.15) is 0 Å². The van der Waals surface area contributed by atoms with Crippen LogP contribution in [-0.4, -0.2) is 13.1 Å². The highest BCUT2D eigenvalue weighted by Crippen LogP contribution is 2.30. The molecule has 3 nitrogen and oxygen atoms in total. The lowest BCUT2D eigenvalue weighted by molar-refractivity contribution is 0.202. The first kappa shape index (κ1) is 11.0. The summed E-state index contributed by atoms with van der Waals surface area (Å²) in [4.78, 5) is 11.0. The number of carbonyl (C=O) groups excluding carboxylic acids is 1. The minimum atomic E-state index is -0.464. The fourth-order valence-corrected chi connectivity index (χ4v) is 1.51. The number of ether oxygens (including phenoxy) is 1. The van der Waals surface area contributed by atoms with Crippen molar-refractivity contribution < 1.29 is 9.53 Å². The molecular weight excluding hydrogens is 246 g/mol. The Labute approximate surface area is 91.6 Å². The molecule has 1 N–H and O–H groups in total. The fraction of sp³-hybridized carbons (Fsp3) is 0.300. The predicted octanol–water partition coefficient (Wildman–Crippen LogP) is 2.78. The summed E-state index contributed by atoms with van der Waals surface area (Å²) in [7, 11) is 1.53. The fourth-order valence-electron chi connectivity index (χ4n) is 0.986. The minimum Gasteiger partial charge on any atom is -0.409 e. The van der Waals surface area contributed by atoms with Crippen molar-refractivity contribution in [1.29, 1.82) is 0 Å². The first-order valence-electron chi connectivity index (χ1n) is 4.21. The van der Waals surface area contributed by atoms with Gasteiger partial charge in [0.2, 0.25) is 0 Å². The monoisotopic (exact) mass is 257 g/mol. The van der Waals surface area contributed by atoms with Gasteiger partial charge in [-0.05, 0) is 47.0 Å². The quantitative estimate of drug-likeness (QED) is 0.841. The van der Waals surface area contributed by atoms with Gasteiger partial charge in [0, 0.05) is 7.05 Å². The van der Waals surface area contributed by atoms with E-state index in [1.165, 1.54) is 7.05 Å². The third-order valence-corrected chi connectivity index (χ3v) is 3.01. The topological polar surface area (TPSA) is 38.3 Å². The van der Waals surface area contributed by atoms with Crippen LogP contribution in [0, 0.1) is 13.8 Å². The third kappa shape index (κ3) is 2.26. The van der Waals surface area contributed by atoms with E-state index in [1.807, 2.05) is 19.9 Å².